The van der Waals surface area contributed by atoms with Gasteiger partial charge in [0, 0.05) is 17.5 Å². The van der Waals surface area contributed by atoms with Gasteiger partial charge in [-0.3, -0.25) is 4.79 Å². The number of carboxylic acid groups (broad SMARTS) is 1. The molecule has 0 bridgehead atoms. The van der Waals surface area contributed by atoms with Crippen LogP contribution < -0.4 is 5.32 Å². The number of rotatable bonds is 6. The van der Waals surface area contributed by atoms with Gasteiger partial charge in [-0.2, -0.15) is 0 Å². The molecular weight excluding hydrogens is 308 g/mol. The van der Waals surface area contributed by atoms with Gasteiger partial charge in [0.25, 0.3) is 5.91 Å². The summed E-state index contributed by atoms with van der Waals surface area (Å²) in [5.74, 6) is 1.14. The summed E-state index contributed by atoms with van der Waals surface area (Å²) in [6, 6.07) is 6.36. The lowest BCUT2D eigenvalue weighted by Crippen LogP contribution is -2.25. The van der Waals surface area contributed by atoms with Gasteiger partial charge in [0.05, 0.1) is 12.1 Å². The minimum absolute atomic E-state index is 0.161. The number of amides is 1. The third kappa shape index (κ3) is 2.89. The molecule has 0 aliphatic heterocycles. The monoisotopic (exact) mass is 326 g/mol. The van der Waals surface area contributed by atoms with Crippen LogP contribution in [0.15, 0.2) is 24.3 Å². The van der Waals surface area contributed by atoms with Crippen molar-refractivity contribution in [3.8, 4) is 0 Å². The summed E-state index contributed by atoms with van der Waals surface area (Å²) in [6.45, 7) is 0.329. The van der Waals surface area contributed by atoms with Crippen molar-refractivity contribution in [3.05, 3.63) is 47.0 Å². The van der Waals surface area contributed by atoms with Gasteiger partial charge in [-0.15, -0.1) is 10.2 Å². The summed E-state index contributed by atoms with van der Waals surface area (Å²) in [6.07, 6.45) is 4.64. The molecule has 7 heteroatoms. The second kappa shape index (κ2) is 5.74. The first kappa shape index (κ1) is 14.9. The zero-order valence-electron chi connectivity index (χ0n) is 13.1. The molecule has 2 aliphatic carbocycles. The van der Waals surface area contributed by atoms with Crippen LogP contribution >= 0.6 is 0 Å². The summed E-state index contributed by atoms with van der Waals surface area (Å²) in [5.41, 5.74) is 0.592. The standard InChI is InChI=1S/C17H18N4O3/c22-16(11-3-5-12(6-4-11)17(23)24)18-9-14-19-20-15(10-1-2-10)21(14)13-7-8-13/h3-6,10,13H,1-2,7-9H2,(H,18,22)(H,23,24). The first-order valence-electron chi connectivity index (χ1n) is 8.18. The van der Waals surface area contributed by atoms with Crippen molar-refractivity contribution in [1.29, 1.82) is 0 Å². The zero-order valence-corrected chi connectivity index (χ0v) is 13.1. The van der Waals surface area contributed by atoms with Gasteiger partial charge in [-0.05, 0) is 49.9 Å². The van der Waals surface area contributed by atoms with Crippen LogP contribution in [0.2, 0.25) is 0 Å². The number of hydrogen-bond acceptors (Lipinski definition) is 4. The Bertz CT molecular complexity index is 789. The van der Waals surface area contributed by atoms with Gasteiger partial charge in [-0.1, -0.05) is 0 Å². The Morgan fingerprint density at radius 2 is 1.75 bits per heavy atom. The van der Waals surface area contributed by atoms with E-state index in [-0.39, 0.29) is 11.5 Å². The molecule has 1 aromatic carbocycles. The SMILES string of the molecule is O=C(O)c1ccc(C(=O)NCc2nnc(C3CC3)n2C2CC2)cc1. The quantitative estimate of drug-likeness (QED) is 0.847. The van der Waals surface area contributed by atoms with E-state index in [9.17, 15) is 9.59 Å². The second-order valence-electron chi connectivity index (χ2n) is 6.42. The maximum atomic E-state index is 12.2. The fourth-order valence-corrected chi connectivity index (χ4v) is 2.83. The topological polar surface area (TPSA) is 97.1 Å². The van der Waals surface area contributed by atoms with Crippen LogP contribution in [0, 0.1) is 0 Å². The van der Waals surface area contributed by atoms with E-state index in [1.807, 2.05) is 0 Å². The summed E-state index contributed by atoms with van der Waals surface area (Å²) in [4.78, 5) is 23.1. The molecule has 124 valence electrons. The zero-order chi connectivity index (χ0) is 16.7. The van der Waals surface area contributed by atoms with Crippen molar-refractivity contribution in [2.75, 3.05) is 0 Å². The smallest absolute Gasteiger partial charge is 0.335 e. The van der Waals surface area contributed by atoms with Crippen LogP contribution in [0.5, 0.6) is 0 Å². The third-order valence-corrected chi connectivity index (χ3v) is 4.45. The number of aromatic nitrogens is 3. The van der Waals surface area contributed by atoms with Gasteiger partial charge in [0.2, 0.25) is 0 Å². The van der Waals surface area contributed by atoms with Crippen LogP contribution in [0.25, 0.3) is 0 Å². The molecule has 24 heavy (non-hydrogen) atoms. The number of carbonyl (C=O) groups is 2. The largest absolute Gasteiger partial charge is 0.478 e. The highest BCUT2D eigenvalue weighted by atomic mass is 16.4. The fourth-order valence-electron chi connectivity index (χ4n) is 2.83. The summed E-state index contributed by atoms with van der Waals surface area (Å²) < 4.78 is 2.20. The van der Waals surface area contributed by atoms with Gasteiger partial charge in [0.15, 0.2) is 5.82 Å². The van der Waals surface area contributed by atoms with Gasteiger partial charge in [-0.25, -0.2) is 4.79 Å². The van der Waals surface area contributed by atoms with Crippen LogP contribution in [0.1, 0.15) is 70.0 Å². The van der Waals surface area contributed by atoms with E-state index >= 15 is 0 Å². The highest BCUT2D eigenvalue weighted by Crippen LogP contribution is 2.44. The Kier molecular flexibility index (Phi) is 3.55. The second-order valence-corrected chi connectivity index (χ2v) is 6.42. The molecule has 4 rings (SSSR count). The molecule has 7 nitrogen and oxygen atoms in total. The number of carbonyl (C=O) groups excluding carboxylic acids is 1. The molecule has 2 fully saturated rings. The Morgan fingerprint density at radius 1 is 1.08 bits per heavy atom. The molecule has 0 spiro atoms. The van der Waals surface area contributed by atoms with Gasteiger partial charge in [0.1, 0.15) is 5.82 Å². The molecule has 1 amide bonds. The number of nitrogens with zero attached hydrogens (tertiary/aromatic N) is 3. The maximum Gasteiger partial charge on any atom is 0.335 e. The molecule has 2 N–H and O–H groups in total. The summed E-state index contributed by atoms with van der Waals surface area (Å²) in [7, 11) is 0. The predicted molar refractivity (Wildman–Crippen MR) is 84.8 cm³/mol. The Morgan fingerprint density at radius 3 is 2.33 bits per heavy atom. The van der Waals surface area contributed by atoms with Gasteiger partial charge >= 0.3 is 5.97 Å². The molecule has 2 aliphatic rings. The number of carboxylic acids is 1. The maximum absolute atomic E-state index is 12.2. The highest BCUT2D eigenvalue weighted by molar-refractivity contribution is 5.95. The van der Waals surface area contributed by atoms with Crippen molar-refractivity contribution in [2.24, 2.45) is 0 Å². The lowest BCUT2D eigenvalue weighted by molar-refractivity contribution is 0.0696. The lowest BCUT2D eigenvalue weighted by atomic mass is 10.1. The molecule has 0 saturated heterocycles. The summed E-state index contributed by atoms with van der Waals surface area (Å²) in [5, 5.41) is 20.3. The molecule has 1 aromatic heterocycles. The number of hydrogen-bond donors (Lipinski definition) is 2. The molecule has 2 aromatic rings. The van der Waals surface area contributed by atoms with E-state index < -0.39 is 5.97 Å². The van der Waals surface area contributed by atoms with Crippen LogP contribution in [0.3, 0.4) is 0 Å². The number of aromatic carboxylic acids is 1. The molecule has 2 saturated carbocycles. The molecule has 0 atom stereocenters. The normalized spacial score (nSPS) is 16.8. The van der Waals surface area contributed by atoms with Crippen molar-refractivity contribution in [2.45, 2.75) is 44.2 Å². The van der Waals surface area contributed by atoms with E-state index in [0.29, 0.717) is 24.1 Å². The van der Waals surface area contributed by atoms with Crippen molar-refractivity contribution in [1.82, 2.24) is 20.1 Å². The number of benzene rings is 1. The average molecular weight is 326 g/mol. The third-order valence-electron chi connectivity index (χ3n) is 4.45. The van der Waals surface area contributed by atoms with E-state index in [0.717, 1.165) is 24.5 Å². The fraction of sp³-hybridized carbons (Fsp3) is 0.412. The van der Waals surface area contributed by atoms with Gasteiger partial charge < -0.3 is 15.0 Å². The Hall–Kier alpha value is -2.70. The molecule has 1 heterocycles. The van der Waals surface area contributed by atoms with Crippen molar-refractivity contribution < 1.29 is 14.7 Å². The molecule has 0 unspecified atom stereocenters. The van der Waals surface area contributed by atoms with Crippen LogP contribution in [-0.4, -0.2) is 31.7 Å². The minimum Gasteiger partial charge on any atom is -0.478 e. The lowest BCUT2D eigenvalue weighted by Gasteiger charge is -2.09. The van der Waals surface area contributed by atoms with E-state index in [2.05, 4.69) is 20.1 Å². The average Bonchev–Trinajstić information content (AvgIpc) is 3.51. The van der Waals surface area contributed by atoms with Crippen molar-refractivity contribution >= 4 is 11.9 Å². The Balaban J connectivity index is 1.45. The van der Waals surface area contributed by atoms with Crippen LogP contribution in [-0.2, 0) is 6.54 Å². The Labute approximate surface area is 138 Å². The highest BCUT2D eigenvalue weighted by Gasteiger charge is 2.36. The van der Waals surface area contributed by atoms with Crippen molar-refractivity contribution in [3.63, 3.8) is 0 Å². The first-order chi connectivity index (χ1) is 11.6. The summed E-state index contributed by atoms with van der Waals surface area (Å²) >= 11 is 0. The molecule has 0 radical (unpaired) electrons. The van der Waals surface area contributed by atoms with E-state index in [1.54, 1.807) is 0 Å². The predicted octanol–water partition coefficient (Wildman–Crippen LogP) is 2.12. The minimum atomic E-state index is -1.01. The molecular formula is C17H18N4O3. The number of nitrogens with one attached hydrogen (secondary N) is 1. The van der Waals surface area contributed by atoms with E-state index in [1.165, 1.54) is 37.1 Å². The van der Waals surface area contributed by atoms with E-state index in [4.69, 9.17) is 5.11 Å². The van der Waals surface area contributed by atoms with Crippen LogP contribution in [0.4, 0.5) is 0 Å². The first-order valence-corrected chi connectivity index (χ1v) is 8.18.